The van der Waals surface area contributed by atoms with Gasteiger partial charge in [0, 0.05) is 18.7 Å². The van der Waals surface area contributed by atoms with Gasteiger partial charge in [-0.2, -0.15) is 9.40 Å². The highest BCUT2D eigenvalue weighted by Crippen LogP contribution is 2.32. The van der Waals surface area contributed by atoms with Crippen LogP contribution in [0.4, 0.5) is 0 Å². The smallest absolute Gasteiger partial charge is 0.260 e. The number of nitrogens with zero attached hydrogens (tertiary/aromatic N) is 2. The van der Waals surface area contributed by atoms with Crippen molar-refractivity contribution in [3.8, 4) is 0 Å². The number of H-pyrrole nitrogens is 1. The molecular weight excluding hydrogens is 274 g/mol. The molecule has 0 atom stereocenters. The maximum atomic E-state index is 12.5. The van der Waals surface area contributed by atoms with Gasteiger partial charge in [0.25, 0.3) is 10.0 Å². The topological polar surface area (TPSA) is 66.1 Å². The highest BCUT2D eigenvalue weighted by atomic mass is 35.5. The molecule has 0 radical (unpaired) electrons. The molecule has 0 spiro atoms. The summed E-state index contributed by atoms with van der Waals surface area (Å²) in [5.41, 5.74) is 0.548. The highest BCUT2D eigenvalue weighted by Gasteiger charge is 2.35. The predicted molar refractivity (Wildman–Crippen MR) is 69.9 cm³/mol. The second kappa shape index (κ2) is 4.83. The molecule has 0 aromatic carbocycles. The summed E-state index contributed by atoms with van der Waals surface area (Å²) in [4.78, 5) is 0. The van der Waals surface area contributed by atoms with E-state index in [2.05, 4.69) is 24.0 Å². The summed E-state index contributed by atoms with van der Waals surface area (Å²) < 4.78 is 26.6. The second-order valence-electron chi connectivity index (χ2n) is 5.46. The Balaban J connectivity index is 2.32. The molecule has 2 heterocycles. The third kappa shape index (κ3) is 2.55. The number of halogens is 1. The Labute approximate surface area is 113 Å². The fourth-order valence-corrected chi connectivity index (χ4v) is 4.37. The molecule has 1 saturated heterocycles. The van der Waals surface area contributed by atoms with E-state index in [1.54, 1.807) is 0 Å². The van der Waals surface area contributed by atoms with Crippen LogP contribution in [0.5, 0.6) is 0 Å². The van der Waals surface area contributed by atoms with Gasteiger partial charge in [-0.1, -0.05) is 13.8 Å². The molecule has 0 amide bonds. The van der Waals surface area contributed by atoms with E-state index in [4.69, 9.17) is 11.6 Å². The van der Waals surface area contributed by atoms with Gasteiger partial charge < -0.3 is 0 Å². The molecule has 0 bridgehead atoms. The summed E-state index contributed by atoms with van der Waals surface area (Å²) in [6, 6.07) is 0. The molecule has 1 fully saturated rings. The van der Waals surface area contributed by atoms with Crippen LogP contribution in [0.3, 0.4) is 0 Å². The second-order valence-corrected chi connectivity index (χ2v) is 7.61. The maximum Gasteiger partial charge on any atom is 0.260 e. The lowest BCUT2D eigenvalue weighted by Crippen LogP contribution is -2.43. The van der Waals surface area contributed by atoms with Gasteiger partial charge in [-0.25, -0.2) is 8.42 Å². The highest BCUT2D eigenvalue weighted by molar-refractivity contribution is 7.89. The van der Waals surface area contributed by atoms with Crippen molar-refractivity contribution in [3.63, 3.8) is 0 Å². The minimum Gasteiger partial charge on any atom is -0.266 e. The number of nitrogens with one attached hydrogen (secondary N) is 1. The number of rotatable bonds is 3. The van der Waals surface area contributed by atoms with Gasteiger partial charge in [0.1, 0.15) is 0 Å². The molecule has 0 unspecified atom stereocenters. The molecule has 2 rings (SSSR count). The minimum atomic E-state index is -3.50. The van der Waals surface area contributed by atoms with E-state index in [-0.39, 0.29) is 16.3 Å². The van der Waals surface area contributed by atoms with Crippen LogP contribution >= 0.6 is 11.6 Å². The number of hydrogen-bond donors (Lipinski definition) is 1. The third-order valence-corrected chi connectivity index (χ3v) is 5.43. The minimum absolute atomic E-state index is 0.0203. The van der Waals surface area contributed by atoms with Crippen LogP contribution in [0.25, 0.3) is 0 Å². The van der Waals surface area contributed by atoms with E-state index in [1.807, 2.05) is 0 Å². The number of piperidine rings is 1. The first-order valence-electron chi connectivity index (χ1n) is 5.95. The molecule has 1 aliphatic rings. The fraction of sp³-hybridized carbons (Fsp3) is 0.727. The van der Waals surface area contributed by atoms with Gasteiger partial charge in [0.2, 0.25) is 0 Å². The Morgan fingerprint density at radius 2 is 2.28 bits per heavy atom. The quantitative estimate of drug-likeness (QED) is 0.866. The van der Waals surface area contributed by atoms with Gasteiger partial charge in [-0.3, -0.25) is 5.10 Å². The normalized spacial score (nSPS) is 21.1. The third-order valence-electron chi connectivity index (χ3n) is 3.29. The zero-order valence-corrected chi connectivity index (χ0v) is 12.2. The zero-order valence-electron chi connectivity index (χ0n) is 10.6. The van der Waals surface area contributed by atoms with E-state index in [9.17, 15) is 8.42 Å². The average molecular weight is 292 g/mol. The lowest BCUT2D eigenvalue weighted by atomic mass is 9.85. The van der Waals surface area contributed by atoms with Crippen molar-refractivity contribution in [2.45, 2.75) is 37.6 Å². The molecule has 18 heavy (non-hydrogen) atoms. The van der Waals surface area contributed by atoms with Crippen LogP contribution in [-0.2, 0) is 15.9 Å². The first kappa shape index (κ1) is 13.8. The van der Waals surface area contributed by atoms with Crippen LogP contribution in [-0.4, -0.2) is 36.0 Å². The van der Waals surface area contributed by atoms with Gasteiger partial charge in [-0.05, 0) is 18.3 Å². The Morgan fingerprint density at radius 1 is 1.56 bits per heavy atom. The summed E-state index contributed by atoms with van der Waals surface area (Å²) in [6.07, 6.45) is 3.40. The number of sulfonamides is 1. The Bertz CT molecular complexity index is 524. The summed E-state index contributed by atoms with van der Waals surface area (Å²) in [7, 11) is -3.50. The number of aromatic amines is 1. The Morgan fingerprint density at radius 3 is 2.89 bits per heavy atom. The van der Waals surface area contributed by atoms with Gasteiger partial charge in [-0.15, -0.1) is 11.6 Å². The van der Waals surface area contributed by atoms with Crippen molar-refractivity contribution in [3.05, 3.63) is 11.8 Å². The lowest BCUT2D eigenvalue weighted by molar-refractivity contribution is 0.186. The van der Waals surface area contributed by atoms with E-state index in [0.717, 1.165) is 12.8 Å². The molecular formula is C11H18ClN3O2S. The molecule has 0 aliphatic carbocycles. The van der Waals surface area contributed by atoms with E-state index in [0.29, 0.717) is 18.7 Å². The molecule has 7 heteroatoms. The monoisotopic (exact) mass is 291 g/mol. The molecule has 102 valence electrons. The number of alkyl halides is 1. The van der Waals surface area contributed by atoms with Crippen molar-refractivity contribution in [2.24, 2.45) is 5.41 Å². The summed E-state index contributed by atoms with van der Waals surface area (Å²) in [6.45, 7) is 5.27. The number of aromatic nitrogens is 2. The predicted octanol–water partition coefficient (Wildman–Crippen LogP) is 1.96. The molecule has 1 N–H and O–H groups in total. The van der Waals surface area contributed by atoms with Crippen LogP contribution in [0.1, 0.15) is 32.3 Å². The molecule has 5 nitrogen and oxygen atoms in total. The largest absolute Gasteiger partial charge is 0.266 e. The first-order valence-corrected chi connectivity index (χ1v) is 7.93. The van der Waals surface area contributed by atoms with Crippen LogP contribution in [0, 0.1) is 5.41 Å². The van der Waals surface area contributed by atoms with E-state index in [1.165, 1.54) is 10.5 Å². The van der Waals surface area contributed by atoms with Crippen molar-refractivity contribution in [1.82, 2.24) is 14.5 Å². The van der Waals surface area contributed by atoms with Crippen molar-refractivity contribution in [1.29, 1.82) is 0 Å². The Kier molecular flexibility index (Phi) is 3.71. The van der Waals surface area contributed by atoms with Gasteiger partial charge >= 0.3 is 0 Å². The standard InChI is InChI=1S/C11H18ClN3O2S/c1-11(2)4-3-5-15(8-11)18(16,17)10-9(6-12)7-13-14-10/h7H,3-6,8H2,1-2H3,(H,13,14). The average Bonchev–Trinajstić information content (AvgIpc) is 2.76. The Hall–Kier alpha value is -0.590. The summed E-state index contributed by atoms with van der Waals surface area (Å²) in [5, 5.41) is 6.47. The molecule has 1 aromatic heterocycles. The van der Waals surface area contributed by atoms with Crippen molar-refractivity contribution < 1.29 is 8.42 Å². The van der Waals surface area contributed by atoms with Crippen molar-refractivity contribution in [2.75, 3.05) is 13.1 Å². The summed E-state index contributed by atoms with van der Waals surface area (Å²) >= 11 is 5.73. The first-order chi connectivity index (χ1) is 8.37. The van der Waals surface area contributed by atoms with Gasteiger partial charge in [0.05, 0.1) is 12.1 Å². The van der Waals surface area contributed by atoms with Gasteiger partial charge in [0.15, 0.2) is 5.03 Å². The van der Waals surface area contributed by atoms with E-state index < -0.39 is 10.0 Å². The molecule has 1 aliphatic heterocycles. The zero-order chi connectivity index (χ0) is 13.4. The lowest BCUT2D eigenvalue weighted by Gasteiger charge is -2.36. The fourth-order valence-electron chi connectivity index (χ4n) is 2.32. The van der Waals surface area contributed by atoms with E-state index >= 15 is 0 Å². The number of hydrogen-bond acceptors (Lipinski definition) is 3. The molecule has 0 saturated carbocycles. The van der Waals surface area contributed by atoms with Crippen LogP contribution in [0.2, 0.25) is 0 Å². The summed E-state index contributed by atoms with van der Waals surface area (Å²) in [5.74, 6) is 0.141. The SMILES string of the molecule is CC1(C)CCCN(S(=O)(=O)c2[nH]ncc2CCl)C1. The van der Waals surface area contributed by atoms with Crippen LogP contribution in [0.15, 0.2) is 11.2 Å². The van der Waals surface area contributed by atoms with Crippen molar-refractivity contribution >= 4 is 21.6 Å². The van der Waals surface area contributed by atoms with Crippen LogP contribution < -0.4 is 0 Å². The maximum absolute atomic E-state index is 12.5. The molecule has 1 aromatic rings.